The highest BCUT2D eigenvalue weighted by Gasteiger charge is 1.98. The second kappa shape index (κ2) is 5.51. The fraction of sp³-hybridized carbons (Fsp3) is 0.167. The van der Waals surface area contributed by atoms with Crippen molar-refractivity contribution in [2.24, 2.45) is 0 Å². The van der Waals surface area contributed by atoms with Gasteiger partial charge in [0.1, 0.15) is 6.33 Å². The smallest absolute Gasteiger partial charge is 0.183 e. The van der Waals surface area contributed by atoms with Crippen LogP contribution in [0.2, 0.25) is 0 Å². The van der Waals surface area contributed by atoms with Crippen LogP contribution < -0.4 is 0 Å². The molecule has 0 spiro atoms. The number of H-pyrrole nitrogens is 1. The number of nitrogens with zero attached hydrogens (tertiary/aromatic N) is 2. The van der Waals surface area contributed by atoms with Gasteiger partial charge in [-0.2, -0.15) is 5.10 Å². The fourth-order valence-corrected chi connectivity index (χ4v) is 2.17. The molecule has 0 saturated carbocycles. The lowest BCUT2D eigenvalue weighted by molar-refractivity contribution is 0.970. The molecule has 0 unspecified atom stereocenters. The van der Waals surface area contributed by atoms with Crippen molar-refractivity contribution in [3.05, 3.63) is 48.3 Å². The number of benzene rings is 1. The van der Waals surface area contributed by atoms with Crippen molar-refractivity contribution >= 4 is 17.8 Å². The van der Waals surface area contributed by atoms with E-state index in [-0.39, 0.29) is 0 Å². The molecule has 1 N–H and O–H groups in total. The average molecular weight is 231 g/mol. The third-order valence-electron chi connectivity index (χ3n) is 2.21. The summed E-state index contributed by atoms with van der Waals surface area (Å²) in [7, 11) is 0. The van der Waals surface area contributed by atoms with Crippen LogP contribution in [0.25, 0.3) is 6.08 Å². The molecule has 0 bridgehead atoms. The average Bonchev–Trinajstić information content (AvgIpc) is 2.82. The molecule has 0 atom stereocenters. The van der Waals surface area contributed by atoms with Gasteiger partial charge in [-0.25, -0.2) is 4.98 Å². The lowest BCUT2D eigenvalue weighted by atomic mass is 10.1. The van der Waals surface area contributed by atoms with Crippen molar-refractivity contribution in [2.45, 2.75) is 11.6 Å². The molecule has 0 radical (unpaired) electrons. The first-order valence-electron chi connectivity index (χ1n) is 5.08. The summed E-state index contributed by atoms with van der Waals surface area (Å²) in [6, 6.07) is 8.41. The highest BCUT2D eigenvalue weighted by atomic mass is 32.2. The molecule has 2 rings (SSSR count). The van der Waals surface area contributed by atoms with E-state index in [1.807, 2.05) is 6.08 Å². The summed E-state index contributed by atoms with van der Waals surface area (Å²) < 4.78 is 0. The van der Waals surface area contributed by atoms with Gasteiger partial charge in [0.2, 0.25) is 0 Å². The number of aryl methyl sites for hydroxylation is 1. The highest BCUT2D eigenvalue weighted by Crippen LogP contribution is 2.14. The Bertz CT molecular complexity index is 451. The topological polar surface area (TPSA) is 41.6 Å². The predicted molar refractivity (Wildman–Crippen MR) is 67.3 cm³/mol. The maximum atomic E-state index is 4.06. The maximum absolute atomic E-state index is 4.06. The number of rotatable bonds is 5. The summed E-state index contributed by atoms with van der Waals surface area (Å²) in [6.45, 7) is 3.76. The minimum Gasteiger partial charge on any atom is -0.254 e. The van der Waals surface area contributed by atoms with Crippen LogP contribution in [0, 0.1) is 0 Å². The molecule has 1 aromatic heterocycles. The molecule has 0 saturated heterocycles. The molecule has 0 fully saturated rings. The molecular formula is C12H13N3S. The number of nitrogens with one attached hydrogen (secondary N) is 1. The Morgan fingerprint density at radius 3 is 3.12 bits per heavy atom. The van der Waals surface area contributed by atoms with Gasteiger partial charge in [0.05, 0.1) is 0 Å². The van der Waals surface area contributed by atoms with Gasteiger partial charge in [0.25, 0.3) is 0 Å². The molecule has 0 aliphatic heterocycles. The number of hydrogen-bond donors (Lipinski definition) is 1. The van der Waals surface area contributed by atoms with Crippen LogP contribution in [-0.2, 0) is 6.42 Å². The van der Waals surface area contributed by atoms with E-state index in [1.165, 1.54) is 17.5 Å². The Hall–Kier alpha value is -1.55. The molecule has 1 heterocycles. The van der Waals surface area contributed by atoms with Crippen LogP contribution in [0.3, 0.4) is 0 Å². The lowest BCUT2D eigenvalue weighted by Crippen LogP contribution is -1.89. The minimum absolute atomic E-state index is 0.875. The van der Waals surface area contributed by atoms with Gasteiger partial charge < -0.3 is 0 Å². The first kappa shape index (κ1) is 11.0. The predicted octanol–water partition coefficient (Wildman–Crippen LogP) is 2.78. The van der Waals surface area contributed by atoms with Gasteiger partial charge in [0.15, 0.2) is 5.16 Å². The van der Waals surface area contributed by atoms with E-state index in [2.05, 4.69) is 46.0 Å². The van der Waals surface area contributed by atoms with Gasteiger partial charge in [0, 0.05) is 5.75 Å². The van der Waals surface area contributed by atoms with Crippen molar-refractivity contribution in [3.8, 4) is 0 Å². The quantitative estimate of drug-likeness (QED) is 0.804. The Balaban J connectivity index is 1.87. The first-order chi connectivity index (χ1) is 7.88. The van der Waals surface area contributed by atoms with Crippen LogP contribution in [-0.4, -0.2) is 20.9 Å². The van der Waals surface area contributed by atoms with E-state index >= 15 is 0 Å². The van der Waals surface area contributed by atoms with Crippen molar-refractivity contribution in [2.75, 3.05) is 5.75 Å². The van der Waals surface area contributed by atoms with Crippen LogP contribution in [0.1, 0.15) is 11.1 Å². The third kappa shape index (κ3) is 2.97. The molecule has 3 nitrogen and oxygen atoms in total. The molecule has 82 valence electrons. The van der Waals surface area contributed by atoms with Crippen LogP contribution >= 0.6 is 11.8 Å². The number of hydrogen-bond acceptors (Lipinski definition) is 3. The standard InChI is InChI=1S/C12H13N3S/c1-2-10-4-3-5-11(8-10)6-7-16-12-13-9-14-15-12/h2-5,8-9H,1,6-7H2,(H,13,14,15). The molecule has 0 aliphatic rings. The number of thioether (sulfide) groups is 1. The summed E-state index contributed by atoms with van der Waals surface area (Å²) in [5, 5.41) is 7.51. The van der Waals surface area contributed by atoms with Crippen LogP contribution in [0.4, 0.5) is 0 Å². The summed E-state index contributed by atoms with van der Waals surface area (Å²) in [6.07, 6.45) is 4.42. The SMILES string of the molecule is C=Cc1cccc(CCSc2ncn[nH]2)c1. The fourth-order valence-electron chi connectivity index (χ4n) is 1.40. The van der Waals surface area contributed by atoms with E-state index in [9.17, 15) is 0 Å². The molecule has 0 aliphatic carbocycles. The van der Waals surface area contributed by atoms with Gasteiger partial charge in [-0.1, -0.05) is 48.7 Å². The second-order valence-corrected chi connectivity index (χ2v) is 4.42. The normalized spacial score (nSPS) is 10.2. The number of aromatic amines is 1. The van der Waals surface area contributed by atoms with Crippen molar-refractivity contribution in [3.63, 3.8) is 0 Å². The maximum Gasteiger partial charge on any atom is 0.183 e. The van der Waals surface area contributed by atoms with Gasteiger partial charge in [-0.05, 0) is 17.5 Å². The molecule has 0 amide bonds. The third-order valence-corrected chi connectivity index (χ3v) is 3.09. The van der Waals surface area contributed by atoms with E-state index < -0.39 is 0 Å². The summed E-state index contributed by atoms with van der Waals surface area (Å²) >= 11 is 1.68. The van der Waals surface area contributed by atoms with Crippen LogP contribution in [0.5, 0.6) is 0 Å². The Labute approximate surface area is 99.0 Å². The summed E-state index contributed by atoms with van der Waals surface area (Å²) in [5.74, 6) is 0.996. The zero-order chi connectivity index (χ0) is 11.2. The van der Waals surface area contributed by atoms with Crippen molar-refractivity contribution < 1.29 is 0 Å². The second-order valence-electron chi connectivity index (χ2n) is 3.34. The van der Waals surface area contributed by atoms with Gasteiger partial charge >= 0.3 is 0 Å². The Kier molecular flexibility index (Phi) is 3.77. The number of aromatic nitrogens is 3. The molecular weight excluding hydrogens is 218 g/mol. The largest absolute Gasteiger partial charge is 0.254 e. The van der Waals surface area contributed by atoms with Gasteiger partial charge in [-0.15, -0.1) is 0 Å². The minimum atomic E-state index is 0.875. The zero-order valence-corrected chi connectivity index (χ0v) is 9.70. The van der Waals surface area contributed by atoms with Crippen LogP contribution in [0.15, 0.2) is 42.3 Å². The van der Waals surface area contributed by atoms with E-state index in [0.717, 1.165) is 17.3 Å². The molecule has 1 aromatic carbocycles. The first-order valence-corrected chi connectivity index (χ1v) is 6.06. The lowest BCUT2D eigenvalue weighted by Gasteiger charge is -2.01. The summed E-state index contributed by atoms with van der Waals surface area (Å²) in [5.41, 5.74) is 2.49. The van der Waals surface area contributed by atoms with E-state index in [0.29, 0.717) is 0 Å². The van der Waals surface area contributed by atoms with E-state index in [1.54, 1.807) is 11.8 Å². The molecule has 4 heteroatoms. The molecule has 16 heavy (non-hydrogen) atoms. The van der Waals surface area contributed by atoms with Crippen molar-refractivity contribution in [1.29, 1.82) is 0 Å². The van der Waals surface area contributed by atoms with Crippen molar-refractivity contribution in [1.82, 2.24) is 15.2 Å². The van der Waals surface area contributed by atoms with Gasteiger partial charge in [-0.3, -0.25) is 5.10 Å². The molecule has 2 aromatic rings. The Morgan fingerprint density at radius 2 is 2.38 bits per heavy atom. The zero-order valence-electron chi connectivity index (χ0n) is 8.89. The summed E-state index contributed by atoms with van der Waals surface area (Å²) in [4.78, 5) is 4.06. The monoisotopic (exact) mass is 231 g/mol. The Morgan fingerprint density at radius 1 is 1.44 bits per heavy atom. The van der Waals surface area contributed by atoms with E-state index in [4.69, 9.17) is 0 Å². The highest BCUT2D eigenvalue weighted by molar-refractivity contribution is 7.99.